The van der Waals surface area contributed by atoms with Crippen LogP contribution in [0.5, 0.6) is 5.88 Å². The van der Waals surface area contributed by atoms with Crippen molar-refractivity contribution in [2.75, 3.05) is 37.7 Å². The van der Waals surface area contributed by atoms with E-state index in [1.807, 2.05) is 11.0 Å². The van der Waals surface area contributed by atoms with Crippen LogP contribution in [0.25, 0.3) is 0 Å². The first-order valence-electron chi connectivity index (χ1n) is 9.16. The van der Waals surface area contributed by atoms with Crippen LogP contribution in [0.15, 0.2) is 40.2 Å². The minimum atomic E-state index is -0.307. The Morgan fingerprint density at radius 1 is 1.29 bits per heavy atom. The average Bonchev–Trinajstić information content (AvgIpc) is 3.38. The van der Waals surface area contributed by atoms with Gasteiger partial charge in [0.1, 0.15) is 18.7 Å². The number of oxime groups is 1. The number of hydrogen-bond acceptors (Lipinski definition) is 7. The maximum atomic E-state index is 14.7. The molecular formula is C19H21FN4O4. The van der Waals surface area contributed by atoms with E-state index in [0.29, 0.717) is 55.4 Å². The third-order valence-electron chi connectivity index (χ3n) is 4.91. The van der Waals surface area contributed by atoms with Gasteiger partial charge in [-0.2, -0.15) is 0 Å². The van der Waals surface area contributed by atoms with Gasteiger partial charge in [-0.05, 0) is 17.3 Å². The van der Waals surface area contributed by atoms with Crippen LogP contribution in [-0.4, -0.2) is 60.6 Å². The van der Waals surface area contributed by atoms with E-state index in [1.165, 1.54) is 12.3 Å². The van der Waals surface area contributed by atoms with Gasteiger partial charge in [0.05, 0.1) is 11.4 Å². The Morgan fingerprint density at radius 2 is 2.11 bits per heavy atom. The maximum Gasteiger partial charge on any atom is 0.254 e. The van der Waals surface area contributed by atoms with Gasteiger partial charge in [0.15, 0.2) is 6.10 Å². The van der Waals surface area contributed by atoms with Crippen molar-refractivity contribution in [1.29, 1.82) is 0 Å². The molecule has 1 fully saturated rings. The summed E-state index contributed by atoms with van der Waals surface area (Å²) in [5, 5.41) is 7.74. The summed E-state index contributed by atoms with van der Waals surface area (Å²) in [4.78, 5) is 20.5. The van der Waals surface area contributed by atoms with Gasteiger partial charge in [0, 0.05) is 51.2 Å². The van der Waals surface area contributed by atoms with E-state index in [2.05, 4.69) is 10.3 Å². The summed E-state index contributed by atoms with van der Waals surface area (Å²) in [5.41, 5.74) is 1.91. The Labute approximate surface area is 161 Å². The molecule has 9 heteroatoms. The number of nitrogens with zero attached hydrogens (tertiary/aromatic N) is 4. The molecule has 0 radical (unpaired) electrons. The Morgan fingerprint density at radius 3 is 2.79 bits per heavy atom. The lowest BCUT2D eigenvalue weighted by atomic mass is 10.0. The zero-order chi connectivity index (χ0) is 19.5. The molecule has 28 heavy (non-hydrogen) atoms. The molecule has 1 unspecified atom stereocenters. The highest BCUT2D eigenvalue weighted by atomic mass is 19.1. The number of anilines is 1. The van der Waals surface area contributed by atoms with Gasteiger partial charge in [0.2, 0.25) is 5.91 Å². The lowest BCUT2D eigenvalue weighted by Crippen LogP contribution is -2.48. The van der Waals surface area contributed by atoms with Crippen molar-refractivity contribution in [2.24, 2.45) is 5.16 Å². The topological polar surface area (TPSA) is 80.4 Å². The van der Waals surface area contributed by atoms with Crippen LogP contribution < -0.4 is 9.64 Å². The highest BCUT2D eigenvalue weighted by Gasteiger charge is 2.25. The van der Waals surface area contributed by atoms with E-state index in [0.717, 1.165) is 0 Å². The van der Waals surface area contributed by atoms with Crippen molar-refractivity contribution < 1.29 is 23.3 Å². The zero-order valence-corrected chi connectivity index (χ0v) is 15.5. The van der Waals surface area contributed by atoms with Crippen molar-refractivity contribution in [3.63, 3.8) is 0 Å². The minimum absolute atomic E-state index is 0.0526. The molecule has 3 heterocycles. The van der Waals surface area contributed by atoms with Crippen LogP contribution in [0.4, 0.5) is 10.1 Å². The Bertz CT molecular complexity index is 863. The predicted molar refractivity (Wildman–Crippen MR) is 98.9 cm³/mol. The number of hydrogen-bond donors (Lipinski definition) is 0. The van der Waals surface area contributed by atoms with Crippen molar-refractivity contribution in [1.82, 2.24) is 10.1 Å². The van der Waals surface area contributed by atoms with Crippen LogP contribution in [0, 0.1) is 5.82 Å². The fraction of sp³-hybridized carbons (Fsp3) is 0.421. The van der Waals surface area contributed by atoms with Gasteiger partial charge in [-0.15, -0.1) is 0 Å². The summed E-state index contributed by atoms with van der Waals surface area (Å²) in [5.74, 6) is 0.132. The Balaban J connectivity index is 1.35. The number of ether oxygens (including phenoxy) is 1. The first-order valence-corrected chi connectivity index (χ1v) is 9.16. The molecule has 1 aromatic heterocycles. The fourth-order valence-corrected chi connectivity index (χ4v) is 3.35. The van der Waals surface area contributed by atoms with Crippen LogP contribution in [0.3, 0.4) is 0 Å². The Hall–Kier alpha value is -3.10. The number of piperazine rings is 1. The molecule has 1 amide bonds. The number of carbonyl (C=O) groups is 1. The number of halogens is 1. The molecule has 1 aromatic carbocycles. The van der Waals surface area contributed by atoms with Gasteiger partial charge < -0.3 is 23.9 Å². The van der Waals surface area contributed by atoms with Crippen molar-refractivity contribution in [3.05, 3.63) is 41.9 Å². The number of amides is 1. The number of carbonyl (C=O) groups excluding carboxylic acids is 1. The second-order valence-corrected chi connectivity index (χ2v) is 6.78. The molecule has 4 rings (SSSR count). The second-order valence-electron chi connectivity index (χ2n) is 6.78. The lowest BCUT2D eigenvalue weighted by molar-refractivity contribution is -0.129. The largest absolute Gasteiger partial charge is 0.471 e. The molecular weight excluding hydrogens is 367 g/mol. The van der Waals surface area contributed by atoms with Gasteiger partial charge in [-0.1, -0.05) is 11.2 Å². The van der Waals surface area contributed by atoms with Gasteiger partial charge in [-0.3, -0.25) is 4.79 Å². The minimum Gasteiger partial charge on any atom is -0.471 e. The molecule has 2 aliphatic heterocycles. The molecule has 2 aromatic rings. The average molecular weight is 388 g/mol. The monoisotopic (exact) mass is 388 g/mol. The van der Waals surface area contributed by atoms with Crippen LogP contribution in [0.1, 0.15) is 18.9 Å². The third-order valence-corrected chi connectivity index (χ3v) is 4.91. The van der Waals surface area contributed by atoms with E-state index in [1.54, 1.807) is 24.0 Å². The zero-order valence-electron chi connectivity index (χ0n) is 15.5. The van der Waals surface area contributed by atoms with E-state index >= 15 is 0 Å². The molecule has 0 spiro atoms. The van der Waals surface area contributed by atoms with Crippen molar-refractivity contribution >= 4 is 17.3 Å². The number of aromatic nitrogens is 1. The van der Waals surface area contributed by atoms with Crippen molar-refractivity contribution in [3.8, 4) is 5.88 Å². The van der Waals surface area contributed by atoms with Gasteiger partial charge in [-0.25, -0.2) is 4.39 Å². The Kier molecular flexibility index (Phi) is 5.14. The maximum absolute atomic E-state index is 14.7. The van der Waals surface area contributed by atoms with E-state index in [-0.39, 0.29) is 24.4 Å². The summed E-state index contributed by atoms with van der Waals surface area (Å²) < 4.78 is 24.9. The second kappa shape index (κ2) is 7.87. The van der Waals surface area contributed by atoms with E-state index < -0.39 is 0 Å². The lowest BCUT2D eigenvalue weighted by Gasteiger charge is -2.35. The molecule has 0 N–H and O–H groups in total. The fourth-order valence-electron chi connectivity index (χ4n) is 3.35. The molecule has 0 aliphatic carbocycles. The summed E-state index contributed by atoms with van der Waals surface area (Å²) in [7, 11) is 0. The molecule has 2 aliphatic rings. The number of rotatable bonds is 5. The first-order chi connectivity index (χ1) is 13.6. The molecule has 0 saturated carbocycles. The highest BCUT2D eigenvalue weighted by Crippen LogP contribution is 2.25. The van der Waals surface area contributed by atoms with Crippen LogP contribution >= 0.6 is 0 Å². The molecule has 0 bridgehead atoms. The van der Waals surface area contributed by atoms with Gasteiger partial charge >= 0.3 is 0 Å². The standard InChI is InChI=1S/C19H21FN4O4/c1-13(25)23-5-7-24(8-6-23)18-3-2-14(10-16(18)20)17-11-15(28-21-17)12-26-19-4-9-27-22-19/h2-4,9-10,15H,5-8,11-12H2,1H3. The highest BCUT2D eigenvalue weighted by molar-refractivity contribution is 6.01. The predicted octanol–water partition coefficient (Wildman–Crippen LogP) is 2.05. The van der Waals surface area contributed by atoms with Gasteiger partial charge in [0.25, 0.3) is 5.88 Å². The van der Waals surface area contributed by atoms with Crippen molar-refractivity contribution in [2.45, 2.75) is 19.4 Å². The van der Waals surface area contributed by atoms with Crippen LogP contribution in [-0.2, 0) is 9.63 Å². The summed E-state index contributed by atoms with van der Waals surface area (Å²) in [6.07, 6.45) is 1.69. The van der Waals surface area contributed by atoms with E-state index in [4.69, 9.17) is 14.1 Å². The molecule has 1 saturated heterocycles. The smallest absolute Gasteiger partial charge is 0.254 e. The number of benzene rings is 1. The summed E-state index contributed by atoms with van der Waals surface area (Å²) >= 11 is 0. The molecule has 8 nitrogen and oxygen atoms in total. The third kappa shape index (κ3) is 3.92. The molecule has 148 valence electrons. The normalized spacial score (nSPS) is 19.4. The summed E-state index contributed by atoms with van der Waals surface area (Å²) in [6.45, 7) is 4.26. The van der Waals surface area contributed by atoms with E-state index in [9.17, 15) is 9.18 Å². The molecule has 1 atom stereocenters. The first kappa shape index (κ1) is 18.3. The van der Waals surface area contributed by atoms with Crippen LogP contribution in [0.2, 0.25) is 0 Å². The SMILES string of the molecule is CC(=O)N1CCN(c2ccc(C3=NOC(COc4ccon4)C3)cc2F)CC1. The summed E-state index contributed by atoms with van der Waals surface area (Å²) in [6, 6.07) is 6.70. The quantitative estimate of drug-likeness (QED) is 0.780.